The highest BCUT2D eigenvalue weighted by Crippen LogP contribution is 2.27. The van der Waals surface area contributed by atoms with Crippen LogP contribution >= 0.6 is 0 Å². The third-order valence-corrected chi connectivity index (χ3v) is 7.18. The first kappa shape index (κ1) is 24.1. The van der Waals surface area contributed by atoms with E-state index < -0.39 is 10.0 Å². The van der Waals surface area contributed by atoms with Crippen LogP contribution in [-0.4, -0.2) is 25.8 Å². The number of allylic oxidation sites excluding steroid dienone is 2. The summed E-state index contributed by atoms with van der Waals surface area (Å²) in [4.78, 5) is 24.5. The number of nitrogens with one attached hydrogen (secondary N) is 2. The zero-order valence-corrected chi connectivity index (χ0v) is 20.7. The summed E-state index contributed by atoms with van der Waals surface area (Å²) in [5.41, 5.74) is 4.87. The summed E-state index contributed by atoms with van der Waals surface area (Å²) in [7, 11) is -4.04. The lowest BCUT2D eigenvalue weighted by Gasteiger charge is -2.19. The quantitative estimate of drug-likeness (QED) is 0.530. The maximum absolute atomic E-state index is 13.3. The zero-order valence-electron chi connectivity index (χ0n) is 19.8. The lowest BCUT2D eigenvalue weighted by Crippen LogP contribution is -2.22. The van der Waals surface area contributed by atoms with E-state index in [1.165, 1.54) is 13.0 Å². The van der Waals surface area contributed by atoms with Crippen LogP contribution in [0.2, 0.25) is 0 Å². The number of aryl methyl sites for hydroxylation is 3. The van der Waals surface area contributed by atoms with Gasteiger partial charge in [-0.15, -0.1) is 0 Å². The summed E-state index contributed by atoms with van der Waals surface area (Å²) in [6.07, 6.45) is 1.46. The topological polar surface area (TPSA) is 105 Å². The predicted octanol–water partition coefficient (Wildman–Crippen LogP) is 4.94. The molecule has 0 aliphatic heterocycles. The smallest absolute Gasteiger partial charge is 0.283 e. The van der Waals surface area contributed by atoms with Gasteiger partial charge >= 0.3 is 0 Å². The molecule has 3 aromatic rings. The number of sulfonamides is 1. The SMILES string of the molecule is CC(=O)Nc1ccc(NC2=CC(=NS(=O)(=O)c3cc(C)c(C)cc3C)c3ccccc3C2=O)cc1. The number of hydrogen-bond acceptors (Lipinski definition) is 5. The first-order chi connectivity index (χ1) is 16.5. The molecule has 35 heavy (non-hydrogen) atoms. The van der Waals surface area contributed by atoms with Gasteiger partial charge in [0.05, 0.1) is 16.3 Å². The molecule has 0 unspecified atom stereocenters. The molecule has 8 heteroatoms. The minimum Gasteiger partial charge on any atom is -0.352 e. The van der Waals surface area contributed by atoms with Crippen molar-refractivity contribution in [1.29, 1.82) is 0 Å². The van der Waals surface area contributed by atoms with Gasteiger partial charge < -0.3 is 10.6 Å². The monoisotopic (exact) mass is 487 g/mol. The minimum absolute atomic E-state index is 0.138. The Kier molecular flexibility index (Phi) is 6.41. The number of nitrogens with zero attached hydrogens (tertiary/aromatic N) is 1. The van der Waals surface area contributed by atoms with Gasteiger partial charge in [0.1, 0.15) is 0 Å². The van der Waals surface area contributed by atoms with Gasteiger partial charge in [-0.1, -0.05) is 30.3 Å². The summed E-state index contributed by atoms with van der Waals surface area (Å²) >= 11 is 0. The van der Waals surface area contributed by atoms with Crippen molar-refractivity contribution in [3.05, 3.63) is 100 Å². The van der Waals surface area contributed by atoms with Gasteiger partial charge in [-0.25, -0.2) is 0 Å². The molecule has 3 aromatic carbocycles. The van der Waals surface area contributed by atoms with Crippen LogP contribution in [0.25, 0.3) is 0 Å². The van der Waals surface area contributed by atoms with E-state index in [0.717, 1.165) is 11.1 Å². The van der Waals surface area contributed by atoms with Crippen LogP contribution in [-0.2, 0) is 14.8 Å². The molecule has 0 aromatic heterocycles. The summed E-state index contributed by atoms with van der Waals surface area (Å²) in [5, 5.41) is 5.74. The van der Waals surface area contributed by atoms with Gasteiger partial charge in [-0.2, -0.15) is 12.8 Å². The molecule has 2 N–H and O–H groups in total. The van der Waals surface area contributed by atoms with Gasteiger partial charge in [0.15, 0.2) is 0 Å². The normalized spacial score (nSPS) is 14.3. The van der Waals surface area contributed by atoms with Crippen LogP contribution in [0, 0.1) is 20.8 Å². The second-order valence-electron chi connectivity index (χ2n) is 8.47. The summed E-state index contributed by atoms with van der Waals surface area (Å²) in [6, 6.07) is 17.1. The molecule has 4 rings (SSSR count). The van der Waals surface area contributed by atoms with Crippen molar-refractivity contribution < 1.29 is 18.0 Å². The van der Waals surface area contributed by atoms with Gasteiger partial charge in [0.2, 0.25) is 11.7 Å². The number of ketones is 1. The van der Waals surface area contributed by atoms with Crippen molar-refractivity contribution in [3.8, 4) is 0 Å². The number of rotatable bonds is 5. The van der Waals surface area contributed by atoms with E-state index >= 15 is 0 Å². The van der Waals surface area contributed by atoms with Crippen molar-refractivity contribution in [3.63, 3.8) is 0 Å². The Morgan fingerprint density at radius 3 is 2.09 bits per heavy atom. The van der Waals surface area contributed by atoms with Crippen molar-refractivity contribution >= 4 is 38.8 Å². The molecule has 7 nitrogen and oxygen atoms in total. The lowest BCUT2D eigenvalue weighted by molar-refractivity contribution is -0.114. The molecule has 0 radical (unpaired) electrons. The largest absolute Gasteiger partial charge is 0.352 e. The Morgan fingerprint density at radius 2 is 1.43 bits per heavy atom. The number of anilines is 2. The highest BCUT2D eigenvalue weighted by atomic mass is 32.2. The van der Waals surface area contributed by atoms with E-state index in [0.29, 0.717) is 28.1 Å². The average Bonchev–Trinajstić information content (AvgIpc) is 2.80. The molecular formula is C27H25N3O4S. The molecule has 1 amide bonds. The van der Waals surface area contributed by atoms with E-state index in [2.05, 4.69) is 15.0 Å². The number of amides is 1. The molecule has 1 aliphatic rings. The second-order valence-corrected chi connectivity index (χ2v) is 10.0. The summed E-state index contributed by atoms with van der Waals surface area (Å²) < 4.78 is 30.8. The first-order valence-corrected chi connectivity index (χ1v) is 12.4. The minimum atomic E-state index is -4.04. The molecule has 0 bridgehead atoms. The van der Waals surface area contributed by atoms with Crippen molar-refractivity contribution in [2.45, 2.75) is 32.6 Å². The average molecular weight is 488 g/mol. The van der Waals surface area contributed by atoms with Gasteiger partial charge in [-0.05, 0) is 73.9 Å². The summed E-state index contributed by atoms with van der Waals surface area (Å²) in [5.74, 6) is -0.459. The Bertz CT molecular complexity index is 1520. The molecule has 0 atom stereocenters. The van der Waals surface area contributed by atoms with Crippen LogP contribution in [0.1, 0.15) is 39.5 Å². The number of hydrogen-bond donors (Lipinski definition) is 2. The van der Waals surface area contributed by atoms with Crippen molar-refractivity contribution in [2.75, 3.05) is 10.6 Å². The molecule has 0 heterocycles. The number of Topliss-reactive ketones (excluding diaryl/α,β-unsaturated/α-hetero) is 1. The predicted molar refractivity (Wildman–Crippen MR) is 138 cm³/mol. The fourth-order valence-corrected chi connectivity index (χ4v) is 5.18. The maximum Gasteiger partial charge on any atom is 0.283 e. The Hall–Kier alpha value is -4.04. The standard InChI is InChI=1S/C27H25N3O4S/c1-16-13-18(3)26(14-17(16)2)35(33,34)30-24-15-25(27(32)23-8-6-5-7-22(23)24)29-21-11-9-20(10-12-21)28-19(4)31/h5-15,29H,1-4H3,(H,28,31). The highest BCUT2D eigenvalue weighted by Gasteiger charge is 2.27. The molecule has 1 aliphatic carbocycles. The number of fused-ring (bicyclic) bond motifs is 1. The van der Waals surface area contributed by atoms with E-state index in [4.69, 9.17) is 0 Å². The lowest BCUT2D eigenvalue weighted by atomic mass is 9.92. The molecule has 178 valence electrons. The van der Waals surface area contributed by atoms with Gasteiger partial charge in [0, 0.05) is 29.4 Å². The van der Waals surface area contributed by atoms with Crippen molar-refractivity contribution in [2.24, 2.45) is 4.40 Å². The van der Waals surface area contributed by atoms with Gasteiger partial charge in [0.25, 0.3) is 10.0 Å². The van der Waals surface area contributed by atoms with E-state index in [-0.39, 0.29) is 28.0 Å². The second kappa shape index (κ2) is 9.31. The molecule has 0 spiro atoms. The molecule has 0 fully saturated rings. The van der Waals surface area contributed by atoms with Crippen LogP contribution in [0.5, 0.6) is 0 Å². The van der Waals surface area contributed by atoms with E-state index in [9.17, 15) is 18.0 Å². The summed E-state index contributed by atoms with van der Waals surface area (Å²) in [6.45, 7) is 6.94. The maximum atomic E-state index is 13.3. The molecular weight excluding hydrogens is 462 g/mol. The Labute approximate surface area is 204 Å². The van der Waals surface area contributed by atoms with Gasteiger partial charge in [-0.3, -0.25) is 9.59 Å². The fraction of sp³-hybridized carbons (Fsp3) is 0.148. The van der Waals surface area contributed by atoms with Crippen molar-refractivity contribution in [1.82, 2.24) is 0 Å². The number of carbonyl (C=O) groups excluding carboxylic acids is 2. The van der Waals surface area contributed by atoms with Crippen LogP contribution in [0.4, 0.5) is 11.4 Å². The Balaban J connectivity index is 1.76. The molecule has 0 saturated heterocycles. The molecule has 0 saturated carbocycles. The third-order valence-electron chi connectivity index (χ3n) is 5.75. The Morgan fingerprint density at radius 1 is 0.829 bits per heavy atom. The van der Waals surface area contributed by atoms with E-state index in [1.807, 2.05) is 19.9 Å². The number of benzene rings is 3. The van der Waals surface area contributed by atoms with Crippen LogP contribution in [0.15, 0.2) is 81.7 Å². The highest BCUT2D eigenvalue weighted by molar-refractivity contribution is 7.90. The van der Waals surface area contributed by atoms with E-state index in [1.54, 1.807) is 61.5 Å². The van der Waals surface area contributed by atoms with Crippen LogP contribution < -0.4 is 10.6 Å². The number of carbonyl (C=O) groups is 2. The fourth-order valence-electron chi connectivity index (χ4n) is 3.88. The zero-order chi connectivity index (χ0) is 25.3. The first-order valence-electron chi connectivity index (χ1n) is 11.0. The van der Waals surface area contributed by atoms with Crippen LogP contribution in [0.3, 0.4) is 0 Å². The third kappa shape index (κ3) is 5.07.